The Balaban J connectivity index is 2.40. The number of nitrogens with zero attached hydrogens (tertiary/aromatic N) is 1. The third kappa shape index (κ3) is 1.96. The number of allylic oxidation sites excluding steroid dienone is 3. The highest BCUT2D eigenvalue weighted by molar-refractivity contribution is 5.78. The largest absolute Gasteiger partial charge is 0.272 e. The third-order valence-electron chi connectivity index (χ3n) is 2.29. The Labute approximate surface area is 87.9 Å². The third-order valence-corrected chi connectivity index (χ3v) is 2.29. The molecule has 15 heavy (non-hydrogen) atoms. The van der Waals surface area contributed by atoms with E-state index in [1.807, 2.05) is 42.8 Å². The molecule has 1 radical (unpaired) electrons. The Morgan fingerprint density at radius 3 is 2.60 bits per heavy atom. The lowest BCUT2D eigenvalue weighted by atomic mass is 9.97. The van der Waals surface area contributed by atoms with Crippen molar-refractivity contribution in [1.29, 1.82) is 0 Å². The summed E-state index contributed by atoms with van der Waals surface area (Å²) in [5, 5.41) is 10.8. The summed E-state index contributed by atoms with van der Waals surface area (Å²) in [6.07, 6.45) is 6.01. The molecule has 0 unspecified atom stereocenters. The van der Waals surface area contributed by atoms with Crippen LogP contribution in [0.25, 0.3) is 5.57 Å². The van der Waals surface area contributed by atoms with Crippen molar-refractivity contribution < 1.29 is 4.92 Å². The van der Waals surface area contributed by atoms with Gasteiger partial charge < -0.3 is 0 Å². The predicted molar refractivity (Wildman–Crippen MR) is 58.4 cm³/mol. The molecule has 0 atom stereocenters. The van der Waals surface area contributed by atoms with Gasteiger partial charge >= 0.3 is 0 Å². The van der Waals surface area contributed by atoms with Crippen LogP contribution < -0.4 is 0 Å². The lowest BCUT2D eigenvalue weighted by Gasteiger charge is -2.08. The standard InChI is InChI=1S/C12H10NO2/c14-13(15)12-9-5-4-8-11(12)10-6-2-1-3-7-10/h1-4,6-9H,5H2. The average Bonchev–Trinajstić information content (AvgIpc) is 2.30. The Morgan fingerprint density at radius 1 is 1.20 bits per heavy atom. The Morgan fingerprint density at radius 2 is 1.93 bits per heavy atom. The number of hydrogen-bond donors (Lipinski definition) is 0. The van der Waals surface area contributed by atoms with Crippen LogP contribution in [0, 0.1) is 16.5 Å². The molecule has 3 nitrogen and oxygen atoms in total. The molecule has 1 aromatic rings. The highest BCUT2D eigenvalue weighted by Gasteiger charge is 2.20. The molecule has 0 spiro atoms. The van der Waals surface area contributed by atoms with Crippen LogP contribution in [-0.4, -0.2) is 4.92 Å². The molecular formula is C12H10NO2. The van der Waals surface area contributed by atoms with Crippen molar-refractivity contribution in [3.05, 3.63) is 70.3 Å². The zero-order valence-corrected chi connectivity index (χ0v) is 8.09. The van der Waals surface area contributed by atoms with Crippen LogP contribution in [-0.2, 0) is 0 Å². The molecule has 0 amide bonds. The second-order valence-corrected chi connectivity index (χ2v) is 3.26. The van der Waals surface area contributed by atoms with Gasteiger partial charge in [0.15, 0.2) is 0 Å². The number of hydrogen-bond acceptors (Lipinski definition) is 2. The highest BCUT2D eigenvalue weighted by atomic mass is 16.6. The van der Waals surface area contributed by atoms with Gasteiger partial charge in [0, 0.05) is 0 Å². The first kappa shape index (κ1) is 9.65. The summed E-state index contributed by atoms with van der Waals surface area (Å²) in [5.74, 6) is 0. The number of nitro groups is 1. The van der Waals surface area contributed by atoms with E-state index in [2.05, 4.69) is 0 Å². The fourth-order valence-electron chi connectivity index (χ4n) is 1.60. The molecule has 0 saturated carbocycles. The minimum atomic E-state index is -0.328. The zero-order valence-electron chi connectivity index (χ0n) is 8.09. The van der Waals surface area contributed by atoms with Crippen LogP contribution in [0.2, 0.25) is 0 Å². The molecule has 0 aliphatic heterocycles. The summed E-state index contributed by atoms with van der Waals surface area (Å²) in [4.78, 5) is 10.5. The van der Waals surface area contributed by atoms with Crippen LogP contribution in [0.3, 0.4) is 0 Å². The summed E-state index contributed by atoms with van der Waals surface area (Å²) in [7, 11) is 0. The Kier molecular flexibility index (Phi) is 2.63. The van der Waals surface area contributed by atoms with Crippen LogP contribution in [0.5, 0.6) is 0 Å². The van der Waals surface area contributed by atoms with Crippen LogP contribution >= 0.6 is 0 Å². The van der Waals surface area contributed by atoms with E-state index in [1.165, 1.54) is 0 Å². The molecule has 3 heteroatoms. The topological polar surface area (TPSA) is 43.1 Å². The van der Waals surface area contributed by atoms with Gasteiger partial charge in [0.25, 0.3) is 5.70 Å². The molecule has 1 aliphatic carbocycles. The van der Waals surface area contributed by atoms with Gasteiger partial charge in [-0.25, -0.2) is 0 Å². The minimum absolute atomic E-state index is 0.198. The van der Waals surface area contributed by atoms with Gasteiger partial charge in [0.2, 0.25) is 0 Å². The summed E-state index contributed by atoms with van der Waals surface area (Å²) in [6.45, 7) is 0. The molecule has 1 aliphatic rings. The Hall–Kier alpha value is -1.90. The second kappa shape index (κ2) is 4.09. The van der Waals surface area contributed by atoms with E-state index in [0.717, 1.165) is 5.56 Å². The van der Waals surface area contributed by atoms with Gasteiger partial charge in [0.05, 0.1) is 10.5 Å². The maximum Gasteiger partial charge on any atom is 0.272 e. The van der Waals surface area contributed by atoms with E-state index < -0.39 is 0 Å². The lowest BCUT2D eigenvalue weighted by Crippen LogP contribution is -2.04. The lowest BCUT2D eigenvalue weighted by molar-refractivity contribution is -0.417. The van der Waals surface area contributed by atoms with Gasteiger partial charge in [-0.05, 0) is 24.5 Å². The van der Waals surface area contributed by atoms with Gasteiger partial charge in [-0.2, -0.15) is 0 Å². The molecule has 75 valence electrons. The van der Waals surface area contributed by atoms with Crippen molar-refractivity contribution in [2.45, 2.75) is 6.42 Å². The molecule has 0 heterocycles. The molecule has 1 aromatic carbocycles. The van der Waals surface area contributed by atoms with Crippen molar-refractivity contribution in [3.63, 3.8) is 0 Å². The summed E-state index contributed by atoms with van der Waals surface area (Å²) < 4.78 is 0. The van der Waals surface area contributed by atoms with Gasteiger partial charge in [-0.1, -0.05) is 36.4 Å². The summed E-state index contributed by atoms with van der Waals surface area (Å²) in [5.41, 5.74) is 1.77. The van der Waals surface area contributed by atoms with Crippen molar-refractivity contribution in [3.8, 4) is 0 Å². The van der Waals surface area contributed by atoms with Crippen LogP contribution in [0.1, 0.15) is 12.0 Å². The van der Waals surface area contributed by atoms with Crippen molar-refractivity contribution in [2.24, 2.45) is 0 Å². The van der Waals surface area contributed by atoms with E-state index in [0.29, 0.717) is 12.0 Å². The van der Waals surface area contributed by atoms with Gasteiger partial charge in [-0.15, -0.1) is 0 Å². The first-order valence-corrected chi connectivity index (χ1v) is 4.73. The fourth-order valence-corrected chi connectivity index (χ4v) is 1.60. The normalized spacial score (nSPS) is 15.5. The summed E-state index contributed by atoms with van der Waals surface area (Å²) in [6, 6.07) is 9.40. The summed E-state index contributed by atoms with van der Waals surface area (Å²) >= 11 is 0. The maximum atomic E-state index is 10.8. The fraction of sp³-hybridized carbons (Fsp3) is 0.0833. The van der Waals surface area contributed by atoms with Crippen LogP contribution in [0.15, 0.2) is 48.2 Å². The van der Waals surface area contributed by atoms with E-state index in [1.54, 1.807) is 6.08 Å². The predicted octanol–water partition coefficient (Wildman–Crippen LogP) is 2.84. The highest BCUT2D eigenvalue weighted by Crippen LogP contribution is 2.27. The zero-order chi connectivity index (χ0) is 10.7. The molecule has 0 saturated heterocycles. The van der Waals surface area contributed by atoms with E-state index >= 15 is 0 Å². The van der Waals surface area contributed by atoms with E-state index in [-0.39, 0.29) is 10.6 Å². The van der Waals surface area contributed by atoms with E-state index in [4.69, 9.17) is 0 Å². The maximum absolute atomic E-state index is 10.8. The molecule has 0 aromatic heterocycles. The number of benzene rings is 1. The van der Waals surface area contributed by atoms with Crippen molar-refractivity contribution in [2.75, 3.05) is 0 Å². The smallest absolute Gasteiger partial charge is 0.258 e. The van der Waals surface area contributed by atoms with Crippen molar-refractivity contribution in [1.82, 2.24) is 0 Å². The van der Waals surface area contributed by atoms with Crippen molar-refractivity contribution >= 4 is 5.57 Å². The molecular weight excluding hydrogens is 190 g/mol. The molecule has 0 bridgehead atoms. The molecule has 0 N–H and O–H groups in total. The number of rotatable bonds is 2. The first-order chi connectivity index (χ1) is 7.29. The first-order valence-electron chi connectivity index (χ1n) is 4.73. The van der Waals surface area contributed by atoms with E-state index in [9.17, 15) is 10.1 Å². The second-order valence-electron chi connectivity index (χ2n) is 3.26. The molecule has 0 fully saturated rings. The average molecular weight is 200 g/mol. The SMILES string of the molecule is O=[N+]([O-])C1=CC[CH]C=C1c1ccccc1. The monoisotopic (exact) mass is 200 g/mol. The quantitative estimate of drug-likeness (QED) is 0.544. The Bertz CT molecular complexity index is 432. The van der Waals surface area contributed by atoms with Gasteiger partial charge in [-0.3, -0.25) is 10.1 Å². The minimum Gasteiger partial charge on any atom is -0.258 e. The van der Waals surface area contributed by atoms with Gasteiger partial charge in [0.1, 0.15) is 0 Å². The van der Waals surface area contributed by atoms with Crippen LogP contribution in [0.4, 0.5) is 0 Å². The molecule has 2 rings (SSSR count).